The Morgan fingerprint density at radius 2 is 1.72 bits per heavy atom. The van der Waals surface area contributed by atoms with Crippen molar-refractivity contribution in [3.63, 3.8) is 0 Å². The Morgan fingerprint density at radius 3 is 2.45 bits per heavy atom. The fourth-order valence-electron chi connectivity index (χ4n) is 4.47. The molecule has 3 rings (SSSR count). The molecule has 1 aliphatic rings. The van der Waals surface area contributed by atoms with Gasteiger partial charge in [-0.3, -0.25) is 0 Å². The minimum atomic E-state index is -0.386. The lowest BCUT2D eigenvalue weighted by Gasteiger charge is -2.25. The smallest absolute Gasteiger partial charge is 0.129 e. The molecule has 0 saturated carbocycles. The molecular formula is C26H31F2N. The molecule has 2 aromatic carbocycles. The van der Waals surface area contributed by atoms with Gasteiger partial charge in [0.15, 0.2) is 0 Å². The van der Waals surface area contributed by atoms with E-state index in [4.69, 9.17) is 5.26 Å². The summed E-state index contributed by atoms with van der Waals surface area (Å²) in [6.07, 6.45) is 10.6. The number of aryl methyl sites for hydroxylation is 2. The molecule has 29 heavy (non-hydrogen) atoms. The summed E-state index contributed by atoms with van der Waals surface area (Å²) >= 11 is 0. The summed E-state index contributed by atoms with van der Waals surface area (Å²) < 4.78 is 29.1. The first-order valence-corrected chi connectivity index (χ1v) is 11.1. The fraction of sp³-hybridized carbons (Fsp3) is 0.500. The van der Waals surface area contributed by atoms with Crippen LogP contribution in [-0.2, 0) is 25.7 Å². The lowest BCUT2D eigenvalue weighted by atomic mass is 9.80. The second-order valence-corrected chi connectivity index (χ2v) is 8.45. The normalized spacial score (nSPS) is 15.7. The van der Waals surface area contributed by atoms with Crippen LogP contribution >= 0.6 is 0 Å². The number of unbranched alkanes of at least 4 members (excludes halogenated alkanes) is 4. The highest BCUT2D eigenvalue weighted by atomic mass is 19.1. The van der Waals surface area contributed by atoms with Crippen LogP contribution in [-0.4, -0.2) is 0 Å². The highest BCUT2D eigenvalue weighted by molar-refractivity contribution is 5.39. The van der Waals surface area contributed by atoms with E-state index in [1.165, 1.54) is 42.5 Å². The number of fused-ring (bicyclic) bond motifs is 1. The van der Waals surface area contributed by atoms with Gasteiger partial charge in [-0.1, -0.05) is 38.7 Å². The molecule has 1 aliphatic carbocycles. The number of halogens is 2. The summed E-state index contributed by atoms with van der Waals surface area (Å²) in [5.41, 5.74) is 4.25. The number of nitrogens with zero attached hydrogens (tertiary/aromatic N) is 1. The Hall–Kier alpha value is -2.21. The standard InChI is InChI=1S/C26H31F2N/c1-2-3-4-5-6-7-20-16-25(27)24(26(28)17-20)13-10-19-8-11-23-15-21(18-29)9-12-22(23)14-19/h9,12,15-17,19H,2-8,10-11,13-14H2,1H3. The van der Waals surface area contributed by atoms with Gasteiger partial charge in [-0.25, -0.2) is 8.78 Å². The summed E-state index contributed by atoms with van der Waals surface area (Å²) in [6, 6.07) is 11.1. The summed E-state index contributed by atoms with van der Waals surface area (Å²) in [4.78, 5) is 0. The molecule has 154 valence electrons. The van der Waals surface area contributed by atoms with Crippen LogP contribution in [0.25, 0.3) is 0 Å². The maximum atomic E-state index is 14.5. The van der Waals surface area contributed by atoms with Gasteiger partial charge in [-0.2, -0.15) is 5.26 Å². The molecule has 0 heterocycles. The zero-order valence-corrected chi connectivity index (χ0v) is 17.4. The quantitative estimate of drug-likeness (QED) is 0.416. The summed E-state index contributed by atoms with van der Waals surface area (Å²) in [7, 11) is 0. The summed E-state index contributed by atoms with van der Waals surface area (Å²) in [5.74, 6) is -0.334. The molecule has 1 atom stereocenters. The Kier molecular flexibility index (Phi) is 7.81. The van der Waals surface area contributed by atoms with E-state index in [-0.39, 0.29) is 17.2 Å². The van der Waals surface area contributed by atoms with Crippen LogP contribution in [0, 0.1) is 28.9 Å². The third-order valence-corrected chi connectivity index (χ3v) is 6.24. The second-order valence-electron chi connectivity index (χ2n) is 8.45. The molecular weight excluding hydrogens is 364 g/mol. The predicted octanol–water partition coefficient (Wildman–Crippen LogP) is 7.09. The maximum absolute atomic E-state index is 14.5. The molecule has 3 heteroatoms. The number of benzene rings is 2. The Labute approximate surface area is 173 Å². The van der Waals surface area contributed by atoms with Crippen molar-refractivity contribution in [1.82, 2.24) is 0 Å². The molecule has 1 unspecified atom stereocenters. The average Bonchev–Trinajstić information content (AvgIpc) is 2.72. The molecule has 1 nitrogen and oxygen atoms in total. The van der Waals surface area contributed by atoms with E-state index in [1.807, 2.05) is 18.2 Å². The van der Waals surface area contributed by atoms with Crippen molar-refractivity contribution < 1.29 is 8.78 Å². The third-order valence-electron chi connectivity index (χ3n) is 6.24. The van der Waals surface area contributed by atoms with Gasteiger partial charge in [0.25, 0.3) is 0 Å². The van der Waals surface area contributed by atoms with Gasteiger partial charge in [0.05, 0.1) is 11.6 Å². The first-order valence-electron chi connectivity index (χ1n) is 11.1. The number of rotatable bonds is 9. The van der Waals surface area contributed by atoms with E-state index in [9.17, 15) is 8.78 Å². The van der Waals surface area contributed by atoms with E-state index < -0.39 is 0 Å². The van der Waals surface area contributed by atoms with Gasteiger partial charge in [0.2, 0.25) is 0 Å². The van der Waals surface area contributed by atoms with Crippen LogP contribution in [0.5, 0.6) is 0 Å². The average molecular weight is 396 g/mol. The van der Waals surface area contributed by atoms with Crippen LogP contribution < -0.4 is 0 Å². The molecule has 0 radical (unpaired) electrons. The molecule has 0 fully saturated rings. The minimum Gasteiger partial charge on any atom is -0.207 e. The predicted molar refractivity (Wildman–Crippen MR) is 114 cm³/mol. The lowest BCUT2D eigenvalue weighted by molar-refractivity contribution is 0.418. The van der Waals surface area contributed by atoms with E-state index in [2.05, 4.69) is 13.0 Å². The lowest BCUT2D eigenvalue weighted by Crippen LogP contribution is -2.15. The topological polar surface area (TPSA) is 23.8 Å². The molecule has 0 saturated heterocycles. The van der Waals surface area contributed by atoms with Crippen LogP contribution in [0.3, 0.4) is 0 Å². The van der Waals surface area contributed by atoms with Crippen LogP contribution in [0.1, 0.15) is 79.7 Å². The van der Waals surface area contributed by atoms with Crippen molar-refractivity contribution in [2.24, 2.45) is 5.92 Å². The monoisotopic (exact) mass is 395 g/mol. The first kappa shape index (κ1) is 21.5. The highest BCUT2D eigenvalue weighted by Crippen LogP contribution is 2.30. The number of hydrogen-bond donors (Lipinski definition) is 0. The van der Waals surface area contributed by atoms with Gasteiger partial charge in [0.1, 0.15) is 11.6 Å². The summed E-state index contributed by atoms with van der Waals surface area (Å²) in [6.45, 7) is 2.18. The van der Waals surface area contributed by atoms with Crippen molar-refractivity contribution in [3.8, 4) is 6.07 Å². The van der Waals surface area contributed by atoms with E-state index in [1.54, 1.807) is 0 Å². The van der Waals surface area contributed by atoms with Crippen molar-refractivity contribution in [3.05, 3.63) is 69.8 Å². The largest absolute Gasteiger partial charge is 0.207 e. The number of hydrogen-bond acceptors (Lipinski definition) is 1. The molecule has 0 aromatic heterocycles. The zero-order valence-electron chi connectivity index (χ0n) is 17.4. The van der Waals surface area contributed by atoms with Gasteiger partial charge < -0.3 is 0 Å². The van der Waals surface area contributed by atoms with E-state index >= 15 is 0 Å². The van der Waals surface area contributed by atoms with Gasteiger partial charge in [0, 0.05) is 5.56 Å². The second kappa shape index (κ2) is 10.5. The van der Waals surface area contributed by atoms with Gasteiger partial charge >= 0.3 is 0 Å². The maximum Gasteiger partial charge on any atom is 0.129 e. The zero-order chi connectivity index (χ0) is 20.6. The van der Waals surface area contributed by atoms with Crippen molar-refractivity contribution >= 4 is 0 Å². The van der Waals surface area contributed by atoms with E-state index in [0.29, 0.717) is 17.9 Å². The first-order chi connectivity index (χ1) is 14.1. The Balaban J connectivity index is 1.54. The van der Waals surface area contributed by atoms with Crippen LogP contribution in [0.4, 0.5) is 8.78 Å². The summed E-state index contributed by atoms with van der Waals surface area (Å²) in [5, 5.41) is 9.03. The van der Waals surface area contributed by atoms with Crippen LogP contribution in [0.15, 0.2) is 30.3 Å². The molecule has 0 amide bonds. The number of nitriles is 1. The Morgan fingerprint density at radius 1 is 0.966 bits per heavy atom. The van der Waals surface area contributed by atoms with Crippen LogP contribution in [0.2, 0.25) is 0 Å². The third kappa shape index (κ3) is 5.89. The molecule has 0 N–H and O–H groups in total. The van der Waals surface area contributed by atoms with Crippen molar-refractivity contribution in [2.75, 3.05) is 0 Å². The van der Waals surface area contributed by atoms with Gasteiger partial charge in [-0.15, -0.1) is 0 Å². The Bertz CT molecular complexity index is 842. The SMILES string of the molecule is CCCCCCCc1cc(F)c(CCC2CCc3cc(C#N)ccc3C2)c(F)c1. The molecule has 0 spiro atoms. The van der Waals surface area contributed by atoms with Gasteiger partial charge in [-0.05, 0) is 91.8 Å². The molecule has 0 aliphatic heterocycles. The highest BCUT2D eigenvalue weighted by Gasteiger charge is 2.20. The van der Waals surface area contributed by atoms with E-state index in [0.717, 1.165) is 50.5 Å². The van der Waals surface area contributed by atoms with Crippen molar-refractivity contribution in [1.29, 1.82) is 5.26 Å². The molecule has 0 bridgehead atoms. The minimum absolute atomic E-state index is 0.241. The van der Waals surface area contributed by atoms with Crippen molar-refractivity contribution in [2.45, 2.75) is 77.6 Å². The fourth-order valence-corrected chi connectivity index (χ4v) is 4.47. The molecule has 2 aromatic rings.